The molecule has 7 nitrogen and oxygen atoms in total. The van der Waals surface area contributed by atoms with E-state index in [-0.39, 0.29) is 18.0 Å². The molecule has 3 N–H and O–H groups in total. The van der Waals surface area contributed by atoms with Crippen LogP contribution in [0, 0.1) is 12.7 Å². The van der Waals surface area contributed by atoms with Crippen molar-refractivity contribution in [2.45, 2.75) is 13.3 Å². The van der Waals surface area contributed by atoms with E-state index in [1.807, 2.05) is 13.0 Å². The van der Waals surface area contributed by atoms with Crippen LogP contribution in [0.1, 0.15) is 21.5 Å². The molecule has 9 heteroatoms. The van der Waals surface area contributed by atoms with Gasteiger partial charge in [-0.3, -0.25) is 9.59 Å². The number of nitrogens with one attached hydrogen (secondary N) is 3. The van der Waals surface area contributed by atoms with E-state index >= 15 is 0 Å². The fourth-order valence-corrected chi connectivity index (χ4v) is 3.96. The SMILES string of the molecule is Cc1ccc(F)c(NC(=O)c2ccc(Nc3ncc4c(n3)-c3ccc(Cl)cc3NC(=O)C4)cc2)c1. The molecular formula is C26H19ClFN5O2. The van der Waals surface area contributed by atoms with Gasteiger partial charge in [-0.1, -0.05) is 17.7 Å². The highest BCUT2D eigenvalue weighted by Crippen LogP contribution is 2.34. The fourth-order valence-electron chi connectivity index (χ4n) is 3.79. The zero-order chi connectivity index (χ0) is 24.5. The van der Waals surface area contributed by atoms with Crippen molar-refractivity contribution in [2.75, 3.05) is 16.0 Å². The van der Waals surface area contributed by atoms with Crippen molar-refractivity contribution >= 4 is 46.4 Å². The smallest absolute Gasteiger partial charge is 0.255 e. The molecular weight excluding hydrogens is 469 g/mol. The monoisotopic (exact) mass is 487 g/mol. The third-order valence-corrected chi connectivity index (χ3v) is 5.73. The molecule has 0 fully saturated rings. The maximum Gasteiger partial charge on any atom is 0.255 e. The summed E-state index contributed by atoms with van der Waals surface area (Å²) in [4.78, 5) is 33.8. The van der Waals surface area contributed by atoms with Gasteiger partial charge in [0.15, 0.2) is 0 Å². The number of amides is 2. The average Bonchev–Trinajstić information content (AvgIpc) is 2.96. The topological polar surface area (TPSA) is 96.0 Å². The minimum Gasteiger partial charge on any atom is -0.325 e. The van der Waals surface area contributed by atoms with Gasteiger partial charge in [0.25, 0.3) is 5.91 Å². The first kappa shape index (κ1) is 22.5. The molecule has 0 atom stereocenters. The van der Waals surface area contributed by atoms with E-state index in [1.165, 1.54) is 6.07 Å². The van der Waals surface area contributed by atoms with Crippen LogP contribution in [0.5, 0.6) is 0 Å². The molecule has 0 aliphatic carbocycles. The third kappa shape index (κ3) is 4.83. The van der Waals surface area contributed by atoms with E-state index in [1.54, 1.807) is 54.7 Å². The number of aromatic nitrogens is 2. The largest absolute Gasteiger partial charge is 0.325 e. The minimum absolute atomic E-state index is 0.130. The number of aryl methyl sites for hydroxylation is 1. The van der Waals surface area contributed by atoms with E-state index < -0.39 is 11.7 Å². The highest BCUT2D eigenvalue weighted by Gasteiger charge is 2.21. The molecule has 1 aromatic heterocycles. The van der Waals surface area contributed by atoms with Gasteiger partial charge in [0.05, 0.1) is 23.5 Å². The normalized spacial score (nSPS) is 12.1. The standard InChI is InChI=1S/C26H19ClFN5O2/c1-14-2-9-20(28)22(10-14)32-25(35)15-3-6-18(7-4-15)30-26-29-13-16-11-23(34)31-21-12-17(27)5-8-19(21)24(16)33-26/h2-10,12-13H,11H2,1H3,(H,31,34)(H,32,35)(H,29,30,33). The van der Waals surface area contributed by atoms with Crippen LogP contribution in [0.25, 0.3) is 11.3 Å². The Labute approximate surface area is 205 Å². The highest BCUT2D eigenvalue weighted by molar-refractivity contribution is 6.31. The minimum atomic E-state index is -0.497. The summed E-state index contributed by atoms with van der Waals surface area (Å²) in [5.41, 5.74) is 4.66. The first-order valence-electron chi connectivity index (χ1n) is 10.8. The predicted octanol–water partition coefficient (Wildman–Crippen LogP) is 5.74. The van der Waals surface area contributed by atoms with Gasteiger partial charge in [0.2, 0.25) is 11.9 Å². The number of hydrogen-bond donors (Lipinski definition) is 3. The quantitative estimate of drug-likeness (QED) is 0.341. The van der Waals surface area contributed by atoms with Crippen molar-refractivity contribution in [1.82, 2.24) is 9.97 Å². The Morgan fingerprint density at radius 1 is 1.09 bits per heavy atom. The molecule has 0 radical (unpaired) electrons. The number of fused-ring (bicyclic) bond motifs is 3. The highest BCUT2D eigenvalue weighted by atomic mass is 35.5. The van der Waals surface area contributed by atoms with Crippen molar-refractivity contribution in [3.8, 4) is 11.3 Å². The summed E-state index contributed by atoms with van der Waals surface area (Å²) < 4.78 is 14.0. The summed E-state index contributed by atoms with van der Waals surface area (Å²) >= 11 is 6.09. The summed E-state index contributed by atoms with van der Waals surface area (Å²) in [6.45, 7) is 1.82. The van der Waals surface area contributed by atoms with Crippen LogP contribution in [-0.2, 0) is 11.2 Å². The average molecular weight is 488 g/mol. The van der Waals surface area contributed by atoms with Gasteiger partial charge >= 0.3 is 0 Å². The summed E-state index contributed by atoms with van der Waals surface area (Å²) in [7, 11) is 0. The maximum atomic E-state index is 14.0. The Hall–Kier alpha value is -4.30. The van der Waals surface area contributed by atoms with Crippen LogP contribution >= 0.6 is 11.6 Å². The molecule has 35 heavy (non-hydrogen) atoms. The first-order chi connectivity index (χ1) is 16.9. The van der Waals surface area contributed by atoms with Crippen LogP contribution in [0.2, 0.25) is 5.02 Å². The van der Waals surface area contributed by atoms with E-state index in [2.05, 4.69) is 25.9 Å². The molecule has 0 spiro atoms. The van der Waals surface area contributed by atoms with Crippen LogP contribution in [0.15, 0.2) is 66.9 Å². The number of rotatable bonds is 4. The van der Waals surface area contributed by atoms with Gasteiger partial charge in [-0.15, -0.1) is 0 Å². The molecule has 0 saturated heterocycles. The Bertz CT molecular complexity index is 1470. The van der Waals surface area contributed by atoms with Gasteiger partial charge in [-0.25, -0.2) is 14.4 Å². The maximum absolute atomic E-state index is 14.0. The second kappa shape index (κ2) is 9.15. The number of nitrogens with zero attached hydrogens (tertiary/aromatic N) is 2. The molecule has 0 bridgehead atoms. The molecule has 174 valence electrons. The summed E-state index contributed by atoms with van der Waals surface area (Å²) in [5.74, 6) is -0.757. The number of anilines is 4. The number of carbonyl (C=O) groups excluding carboxylic acids is 2. The lowest BCUT2D eigenvalue weighted by atomic mass is 10.1. The summed E-state index contributed by atoms with van der Waals surface area (Å²) in [5, 5.41) is 9.06. The number of hydrogen-bond acceptors (Lipinski definition) is 5. The van der Waals surface area contributed by atoms with Crippen molar-refractivity contribution in [1.29, 1.82) is 0 Å². The van der Waals surface area contributed by atoms with Crippen LogP contribution in [0.3, 0.4) is 0 Å². The van der Waals surface area contributed by atoms with E-state index in [0.717, 1.165) is 11.1 Å². The zero-order valence-corrected chi connectivity index (χ0v) is 19.3. The van der Waals surface area contributed by atoms with Crippen molar-refractivity contribution < 1.29 is 14.0 Å². The Balaban J connectivity index is 1.36. The molecule has 1 aliphatic rings. The van der Waals surface area contributed by atoms with Gasteiger partial charge in [-0.05, 0) is 67.1 Å². The van der Waals surface area contributed by atoms with E-state index in [4.69, 9.17) is 11.6 Å². The molecule has 2 amide bonds. The number of carbonyl (C=O) groups is 2. The predicted molar refractivity (Wildman–Crippen MR) is 134 cm³/mol. The summed E-state index contributed by atoms with van der Waals surface area (Å²) in [6, 6.07) is 16.4. The lowest BCUT2D eigenvalue weighted by Gasteiger charge is -2.11. The Morgan fingerprint density at radius 2 is 1.89 bits per heavy atom. The molecule has 0 saturated carbocycles. The fraction of sp³-hybridized carbons (Fsp3) is 0.0769. The second-order valence-electron chi connectivity index (χ2n) is 8.12. The molecule has 4 aromatic rings. The Kier molecular flexibility index (Phi) is 5.88. The Morgan fingerprint density at radius 3 is 2.69 bits per heavy atom. The van der Waals surface area contributed by atoms with Crippen molar-refractivity contribution in [3.05, 3.63) is 94.4 Å². The lowest BCUT2D eigenvalue weighted by Crippen LogP contribution is -2.13. The van der Waals surface area contributed by atoms with Crippen LogP contribution < -0.4 is 16.0 Å². The lowest BCUT2D eigenvalue weighted by molar-refractivity contribution is -0.115. The number of benzene rings is 3. The van der Waals surface area contributed by atoms with Gasteiger partial charge < -0.3 is 16.0 Å². The van der Waals surface area contributed by atoms with Gasteiger partial charge in [0, 0.05) is 33.6 Å². The van der Waals surface area contributed by atoms with Crippen LogP contribution in [0.4, 0.5) is 27.4 Å². The molecule has 3 aromatic carbocycles. The molecule has 0 unspecified atom stereocenters. The van der Waals surface area contributed by atoms with Gasteiger partial charge in [-0.2, -0.15) is 0 Å². The molecule has 1 aliphatic heterocycles. The summed E-state index contributed by atoms with van der Waals surface area (Å²) in [6.07, 6.45) is 1.76. The first-order valence-corrected chi connectivity index (χ1v) is 11.1. The van der Waals surface area contributed by atoms with Gasteiger partial charge in [0.1, 0.15) is 5.82 Å². The van der Waals surface area contributed by atoms with Crippen molar-refractivity contribution in [2.24, 2.45) is 0 Å². The molecule has 2 heterocycles. The second-order valence-corrected chi connectivity index (χ2v) is 8.56. The van der Waals surface area contributed by atoms with E-state index in [0.29, 0.717) is 39.2 Å². The molecule has 5 rings (SSSR count). The van der Waals surface area contributed by atoms with Crippen molar-refractivity contribution in [3.63, 3.8) is 0 Å². The van der Waals surface area contributed by atoms with Crippen LogP contribution in [-0.4, -0.2) is 21.8 Å². The van der Waals surface area contributed by atoms with E-state index in [9.17, 15) is 14.0 Å². The third-order valence-electron chi connectivity index (χ3n) is 5.50. The number of halogens is 2. The zero-order valence-electron chi connectivity index (χ0n) is 18.5.